The van der Waals surface area contributed by atoms with Crippen LogP contribution >= 0.6 is 0 Å². The number of rotatable bonds is 7. The molecule has 0 aromatic heterocycles. The van der Waals surface area contributed by atoms with Crippen LogP contribution in [0.4, 0.5) is 4.79 Å². The van der Waals surface area contributed by atoms with Gasteiger partial charge in [0.05, 0.1) is 0 Å². The lowest BCUT2D eigenvalue weighted by atomic mass is 9.98. The number of nitrogens with one attached hydrogen (secondary N) is 2. The van der Waals surface area contributed by atoms with Crippen molar-refractivity contribution in [3.8, 4) is 0 Å². The maximum absolute atomic E-state index is 12.1. The van der Waals surface area contributed by atoms with E-state index in [-0.39, 0.29) is 11.8 Å². The molecule has 2 atom stereocenters. The Morgan fingerprint density at radius 1 is 1.25 bits per heavy atom. The third-order valence-corrected chi connectivity index (χ3v) is 3.35. The minimum absolute atomic E-state index is 0.0409. The zero-order chi connectivity index (χ0) is 15.0. The fraction of sp³-hybridized carbons (Fsp3) is 0.467. The van der Waals surface area contributed by atoms with Crippen molar-refractivity contribution >= 4 is 11.9 Å². The van der Waals surface area contributed by atoms with E-state index in [1.807, 2.05) is 44.2 Å². The van der Waals surface area contributed by atoms with Gasteiger partial charge in [-0.05, 0) is 17.9 Å². The van der Waals surface area contributed by atoms with Crippen LogP contribution in [0.15, 0.2) is 30.3 Å². The number of nitrogens with two attached hydrogens (primary N) is 1. The highest BCUT2D eigenvalue weighted by Crippen LogP contribution is 2.08. The largest absolute Gasteiger partial charge is 0.354 e. The van der Waals surface area contributed by atoms with Crippen LogP contribution in [0.1, 0.15) is 25.8 Å². The van der Waals surface area contributed by atoms with E-state index < -0.39 is 12.1 Å². The molecule has 0 saturated heterocycles. The summed E-state index contributed by atoms with van der Waals surface area (Å²) in [5.41, 5.74) is 6.28. The summed E-state index contributed by atoms with van der Waals surface area (Å²) in [5.74, 6) is -0.145. The minimum Gasteiger partial charge on any atom is -0.354 e. The SMILES string of the molecule is CCC(C)C(NC(N)=O)C(=O)NCCc1ccccc1. The highest BCUT2D eigenvalue weighted by molar-refractivity contribution is 5.86. The van der Waals surface area contributed by atoms with Crippen molar-refractivity contribution in [3.05, 3.63) is 35.9 Å². The Hall–Kier alpha value is -2.04. The topological polar surface area (TPSA) is 84.2 Å². The van der Waals surface area contributed by atoms with Crippen LogP contribution in [0.25, 0.3) is 0 Å². The average Bonchev–Trinajstić information content (AvgIpc) is 2.44. The van der Waals surface area contributed by atoms with Crippen LogP contribution in [-0.4, -0.2) is 24.5 Å². The van der Waals surface area contributed by atoms with Crippen molar-refractivity contribution in [2.75, 3.05) is 6.54 Å². The molecule has 2 unspecified atom stereocenters. The molecule has 0 bridgehead atoms. The smallest absolute Gasteiger partial charge is 0.312 e. The number of urea groups is 1. The lowest BCUT2D eigenvalue weighted by molar-refractivity contribution is -0.124. The number of carbonyl (C=O) groups excluding carboxylic acids is 2. The molecule has 5 heteroatoms. The standard InChI is InChI=1S/C15H23N3O2/c1-3-11(2)13(18-15(16)20)14(19)17-10-9-12-7-5-4-6-8-12/h4-8,11,13H,3,9-10H2,1-2H3,(H,17,19)(H3,16,18,20). The molecule has 0 radical (unpaired) electrons. The zero-order valence-corrected chi connectivity index (χ0v) is 12.1. The van der Waals surface area contributed by atoms with E-state index in [9.17, 15) is 9.59 Å². The van der Waals surface area contributed by atoms with Crippen molar-refractivity contribution in [1.82, 2.24) is 10.6 Å². The van der Waals surface area contributed by atoms with E-state index in [4.69, 9.17) is 5.73 Å². The second kappa shape index (κ2) is 8.19. The summed E-state index contributed by atoms with van der Waals surface area (Å²) in [4.78, 5) is 23.0. The van der Waals surface area contributed by atoms with Gasteiger partial charge in [-0.1, -0.05) is 50.6 Å². The third kappa shape index (κ3) is 5.30. The van der Waals surface area contributed by atoms with Crippen molar-refractivity contribution in [1.29, 1.82) is 0 Å². The van der Waals surface area contributed by atoms with Gasteiger partial charge in [0.15, 0.2) is 0 Å². The Labute approximate surface area is 119 Å². The Kier molecular flexibility index (Phi) is 6.56. The van der Waals surface area contributed by atoms with Gasteiger partial charge in [0, 0.05) is 6.54 Å². The van der Waals surface area contributed by atoms with Gasteiger partial charge >= 0.3 is 6.03 Å². The highest BCUT2D eigenvalue weighted by atomic mass is 16.2. The maximum Gasteiger partial charge on any atom is 0.312 e. The number of hydrogen-bond acceptors (Lipinski definition) is 2. The van der Waals surface area contributed by atoms with E-state index in [1.54, 1.807) is 0 Å². The molecule has 0 heterocycles. The first-order chi connectivity index (χ1) is 9.54. The molecule has 0 fully saturated rings. The summed E-state index contributed by atoms with van der Waals surface area (Å²) in [7, 11) is 0. The maximum atomic E-state index is 12.1. The van der Waals surface area contributed by atoms with Gasteiger partial charge in [-0.25, -0.2) is 4.79 Å². The first-order valence-electron chi connectivity index (χ1n) is 6.92. The molecule has 0 saturated carbocycles. The van der Waals surface area contributed by atoms with Crippen LogP contribution in [0, 0.1) is 5.92 Å². The summed E-state index contributed by atoms with van der Waals surface area (Å²) in [6, 6.07) is 8.67. The molecule has 4 N–H and O–H groups in total. The van der Waals surface area contributed by atoms with Gasteiger partial charge in [-0.3, -0.25) is 4.79 Å². The average molecular weight is 277 g/mol. The zero-order valence-electron chi connectivity index (χ0n) is 12.1. The predicted octanol–water partition coefficient (Wildman–Crippen LogP) is 1.43. The number of carbonyl (C=O) groups is 2. The first-order valence-corrected chi connectivity index (χ1v) is 6.92. The fourth-order valence-electron chi connectivity index (χ4n) is 1.94. The molecule has 3 amide bonds. The number of hydrogen-bond donors (Lipinski definition) is 3. The molecule has 1 aromatic rings. The van der Waals surface area contributed by atoms with Crippen LogP contribution < -0.4 is 16.4 Å². The number of amides is 3. The van der Waals surface area contributed by atoms with E-state index in [1.165, 1.54) is 0 Å². The van der Waals surface area contributed by atoms with E-state index in [2.05, 4.69) is 10.6 Å². The van der Waals surface area contributed by atoms with Crippen molar-refractivity contribution in [3.63, 3.8) is 0 Å². The van der Waals surface area contributed by atoms with E-state index in [0.717, 1.165) is 18.4 Å². The fourth-order valence-corrected chi connectivity index (χ4v) is 1.94. The van der Waals surface area contributed by atoms with Crippen molar-refractivity contribution in [2.45, 2.75) is 32.7 Å². The molecule has 20 heavy (non-hydrogen) atoms. The number of primary amides is 1. The molecule has 0 aliphatic rings. The second-order valence-electron chi connectivity index (χ2n) is 4.90. The van der Waals surface area contributed by atoms with Gasteiger partial charge in [0.25, 0.3) is 0 Å². The molecule has 1 aromatic carbocycles. The van der Waals surface area contributed by atoms with Crippen LogP contribution in [0.3, 0.4) is 0 Å². The highest BCUT2D eigenvalue weighted by Gasteiger charge is 2.24. The van der Waals surface area contributed by atoms with Gasteiger partial charge in [0.2, 0.25) is 5.91 Å². The molecular weight excluding hydrogens is 254 g/mol. The second-order valence-corrected chi connectivity index (χ2v) is 4.90. The van der Waals surface area contributed by atoms with Crippen LogP contribution in [0.2, 0.25) is 0 Å². The molecule has 110 valence electrons. The summed E-state index contributed by atoms with van der Waals surface area (Å²) >= 11 is 0. The Morgan fingerprint density at radius 2 is 1.90 bits per heavy atom. The van der Waals surface area contributed by atoms with Crippen molar-refractivity contribution in [2.24, 2.45) is 11.7 Å². The van der Waals surface area contributed by atoms with Crippen LogP contribution in [0.5, 0.6) is 0 Å². The molecule has 5 nitrogen and oxygen atoms in total. The summed E-state index contributed by atoms with van der Waals surface area (Å²) in [5, 5.41) is 5.35. The molecule has 0 aliphatic carbocycles. The van der Waals surface area contributed by atoms with Gasteiger partial charge in [0.1, 0.15) is 6.04 Å². The molecule has 0 aliphatic heterocycles. The monoisotopic (exact) mass is 277 g/mol. The van der Waals surface area contributed by atoms with Gasteiger partial charge < -0.3 is 16.4 Å². The quantitative estimate of drug-likeness (QED) is 0.704. The molecule has 1 rings (SSSR count). The summed E-state index contributed by atoms with van der Waals surface area (Å²) in [6.07, 6.45) is 1.55. The van der Waals surface area contributed by atoms with E-state index in [0.29, 0.717) is 6.54 Å². The Balaban J connectivity index is 2.47. The summed E-state index contributed by atoms with van der Waals surface area (Å²) < 4.78 is 0. The normalized spacial score (nSPS) is 13.3. The Bertz CT molecular complexity index is 434. The van der Waals surface area contributed by atoms with Gasteiger partial charge in [-0.2, -0.15) is 0 Å². The lowest BCUT2D eigenvalue weighted by Crippen LogP contribution is -2.52. The van der Waals surface area contributed by atoms with E-state index >= 15 is 0 Å². The van der Waals surface area contributed by atoms with Gasteiger partial charge in [-0.15, -0.1) is 0 Å². The van der Waals surface area contributed by atoms with Crippen molar-refractivity contribution < 1.29 is 9.59 Å². The predicted molar refractivity (Wildman–Crippen MR) is 79.1 cm³/mol. The lowest BCUT2D eigenvalue weighted by Gasteiger charge is -2.22. The molecule has 0 spiro atoms. The number of benzene rings is 1. The Morgan fingerprint density at radius 3 is 2.45 bits per heavy atom. The summed E-state index contributed by atoms with van der Waals surface area (Å²) in [6.45, 7) is 4.42. The first kappa shape index (κ1) is 16.0. The molecular formula is C15H23N3O2. The van der Waals surface area contributed by atoms with Crippen LogP contribution in [-0.2, 0) is 11.2 Å². The minimum atomic E-state index is -0.673. The third-order valence-electron chi connectivity index (χ3n) is 3.35.